The maximum atomic E-state index is 11.3. The lowest BCUT2D eigenvalue weighted by Gasteiger charge is -2.28. The molecule has 4 heteroatoms. The van der Waals surface area contributed by atoms with Crippen molar-refractivity contribution in [1.82, 2.24) is 4.90 Å². The summed E-state index contributed by atoms with van der Waals surface area (Å²) in [6.07, 6.45) is 2.39. The first-order valence-corrected chi connectivity index (χ1v) is 5.97. The number of nitrogens with zero attached hydrogens (tertiary/aromatic N) is 1. The summed E-state index contributed by atoms with van der Waals surface area (Å²) in [5.74, 6) is 0.426. The van der Waals surface area contributed by atoms with Gasteiger partial charge in [0.05, 0.1) is 19.6 Å². The van der Waals surface area contributed by atoms with Crippen molar-refractivity contribution in [3.8, 4) is 0 Å². The molecule has 1 heterocycles. The second kappa shape index (κ2) is 6.86. The van der Waals surface area contributed by atoms with Gasteiger partial charge in [0.2, 0.25) is 0 Å². The molecule has 1 aliphatic heterocycles. The smallest absolute Gasteiger partial charge is 0.309 e. The summed E-state index contributed by atoms with van der Waals surface area (Å²) in [4.78, 5) is 13.5. The van der Waals surface area contributed by atoms with E-state index in [0.717, 1.165) is 32.7 Å². The lowest BCUT2D eigenvalue weighted by Crippen LogP contribution is -2.35. The van der Waals surface area contributed by atoms with E-state index in [0.29, 0.717) is 5.92 Å². The summed E-state index contributed by atoms with van der Waals surface area (Å²) in [5, 5.41) is 0. The first-order valence-electron chi connectivity index (χ1n) is 5.97. The highest BCUT2D eigenvalue weighted by atomic mass is 16.5. The Balaban J connectivity index is 2.23. The van der Waals surface area contributed by atoms with Crippen LogP contribution >= 0.6 is 0 Å². The van der Waals surface area contributed by atoms with Crippen LogP contribution in [0.2, 0.25) is 0 Å². The van der Waals surface area contributed by atoms with Crippen LogP contribution in [0.5, 0.6) is 0 Å². The van der Waals surface area contributed by atoms with Gasteiger partial charge in [-0.2, -0.15) is 0 Å². The van der Waals surface area contributed by atoms with Crippen LogP contribution in [0.4, 0.5) is 0 Å². The van der Waals surface area contributed by atoms with E-state index in [1.807, 2.05) is 14.0 Å². The molecule has 1 fully saturated rings. The summed E-state index contributed by atoms with van der Waals surface area (Å²) < 4.78 is 10.2. The predicted molar refractivity (Wildman–Crippen MR) is 62.2 cm³/mol. The molecule has 94 valence electrons. The number of esters is 1. The zero-order chi connectivity index (χ0) is 12.0. The van der Waals surface area contributed by atoms with Crippen molar-refractivity contribution >= 4 is 5.97 Å². The molecule has 0 N–H and O–H groups in total. The summed E-state index contributed by atoms with van der Waals surface area (Å²) >= 11 is 0. The number of hydrogen-bond acceptors (Lipinski definition) is 4. The Kier molecular flexibility index (Phi) is 5.77. The van der Waals surface area contributed by atoms with E-state index in [9.17, 15) is 4.79 Å². The minimum Gasteiger partial charge on any atom is -0.469 e. The fraction of sp³-hybridized carbons (Fsp3) is 0.917. The Morgan fingerprint density at radius 1 is 1.62 bits per heavy atom. The topological polar surface area (TPSA) is 38.8 Å². The molecule has 4 nitrogen and oxygen atoms in total. The third kappa shape index (κ3) is 4.49. The van der Waals surface area contributed by atoms with Gasteiger partial charge < -0.3 is 14.4 Å². The van der Waals surface area contributed by atoms with Crippen LogP contribution in [-0.2, 0) is 14.3 Å². The Morgan fingerprint density at radius 2 is 2.38 bits per heavy atom. The fourth-order valence-electron chi connectivity index (χ4n) is 2.21. The highest BCUT2D eigenvalue weighted by molar-refractivity contribution is 5.71. The summed E-state index contributed by atoms with van der Waals surface area (Å²) in [6, 6.07) is 0. The lowest BCUT2D eigenvalue weighted by molar-refractivity contribution is -0.145. The van der Waals surface area contributed by atoms with E-state index in [1.54, 1.807) is 0 Å². The number of rotatable bonds is 5. The van der Waals surface area contributed by atoms with E-state index < -0.39 is 0 Å². The summed E-state index contributed by atoms with van der Waals surface area (Å²) in [5.41, 5.74) is 0. The molecular formula is C12H23NO3. The molecule has 0 aromatic heterocycles. The monoisotopic (exact) mass is 229 g/mol. The van der Waals surface area contributed by atoms with Gasteiger partial charge in [0.25, 0.3) is 0 Å². The average Bonchev–Trinajstić information content (AvgIpc) is 2.29. The predicted octanol–water partition coefficient (Wildman–Crippen LogP) is 1.15. The SMILES string of the molecule is COC(=O)C(C)CN(C)CC1CCCOC1. The van der Waals surface area contributed by atoms with Crippen LogP contribution in [-0.4, -0.2) is 51.3 Å². The molecule has 0 amide bonds. The van der Waals surface area contributed by atoms with E-state index in [1.165, 1.54) is 13.5 Å². The van der Waals surface area contributed by atoms with Gasteiger partial charge in [0.1, 0.15) is 0 Å². The standard InChI is InChI=1S/C12H23NO3/c1-10(12(14)15-3)7-13(2)8-11-5-4-6-16-9-11/h10-11H,4-9H2,1-3H3. The van der Waals surface area contributed by atoms with Crippen LogP contribution in [0.25, 0.3) is 0 Å². The van der Waals surface area contributed by atoms with Crippen LogP contribution < -0.4 is 0 Å². The molecule has 1 rings (SSSR count). The van der Waals surface area contributed by atoms with Crippen molar-refractivity contribution in [2.24, 2.45) is 11.8 Å². The van der Waals surface area contributed by atoms with Crippen LogP contribution in [0.1, 0.15) is 19.8 Å². The number of hydrogen-bond donors (Lipinski definition) is 0. The molecule has 16 heavy (non-hydrogen) atoms. The zero-order valence-corrected chi connectivity index (χ0v) is 10.6. The molecule has 0 aliphatic carbocycles. The van der Waals surface area contributed by atoms with E-state index >= 15 is 0 Å². The third-order valence-corrected chi connectivity index (χ3v) is 3.01. The molecular weight excluding hydrogens is 206 g/mol. The molecule has 1 saturated heterocycles. The molecule has 0 radical (unpaired) electrons. The van der Waals surface area contributed by atoms with Crippen molar-refractivity contribution in [3.05, 3.63) is 0 Å². The van der Waals surface area contributed by atoms with Gasteiger partial charge in [-0.15, -0.1) is 0 Å². The van der Waals surface area contributed by atoms with Crippen molar-refractivity contribution in [3.63, 3.8) is 0 Å². The van der Waals surface area contributed by atoms with Crippen LogP contribution in [0, 0.1) is 11.8 Å². The minimum atomic E-state index is -0.133. The van der Waals surface area contributed by atoms with Gasteiger partial charge in [-0.25, -0.2) is 0 Å². The second-order valence-corrected chi connectivity index (χ2v) is 4.73. The fourth-order valence-corrected chi connectivity index (χ4v) is 2.21. The highest BCUT2D eigenvalue weighted by Gasteiger charge is 2.19. The molecule has 2 unspecified atom stereocenters. The van der Waals surface area contributed by atoms with Gasteiger partial charge in [-0.05, 0) is 25.8 Å². The van der Waals surface area contributed by atoms with E-state index in [4.69, 9.17) is 9.47 Å². The minimum absolute atomic E-state index is 0.0560. The largest absolute Gasteiger partial charge is 0.469 e. The Bertz CT molecular complexity index is 214. The third-order valence-electron chi connectivity index (χ3n) is 3.01. The first-order chi connectivity index (χ1) is 7.63. The Labute approximate surface area is 97.9 Å². The normalized spacial score (nSPS) is 23.1. The maximum absolute atomic E-state index is 11.3. The van der Waals surface area contributed by atoms with Crippen molar-refractivity contribution in [1.29, 1.82) is 0 Å². The first kappa shape index (κ1) is 13.5. The Hall–Kier alpha value is -0.610. The van der Waals surface area contributed by atoms with Gasteiger partial charge >= 0.3 is 5.97 Å². The highest BCUT2D eigenvalue weighted by Crippen LogP contribution is 2.15. The zero-order valence-electron chi connectivity index (χ0n) is 10.6. The van der Waals surface area contributed by atoms with Gasteiger partial charge in [0.15, 0.2) is 0 Å². The quantitative estimate of drug-likeness (QED) is 0.663. The van der Waals surface area contributed by atoms with E-state index in [2.05, 4.69) is 4.90 Å². The van der Waals surface area contributed by atoms with Gasteiger partial charge in [-0.1, -0.05) is 6.92 Å². The number of methoxy groups -OCH3 is 1. The number of carbonyl (C=O) groups is 1. The van der Waals surface area contributed by atoms with Gasteiger partial charge in [-0.3, -0.25) is 4.79 Å². The Morgan fingerprint density at radius 3 is 2.94 bits per heavy atom. The van der Waals surface area contributed by atoms with E-state index in [-0.39, 0.29) is 11.9 Å². The molecule has 0 aromatic carbocycles. The van der Waals surface area contributed by atoms with Crippen molar-refractivity contribution in [2.45, 2.75) is 19.8 Å². The molecule has 0 saturated carbocycles. The number of carbonyl (C=O) groups excluding carboxylic acids is 1. The average molecular weight is 229 g/mol. The van der Waals surface area contributed by atoms with Crippen LogP contribution in [0.3, 0.4) is 0 Å². The van der Waals surface area contributed by atoms with Crippen molar-refractivity contribution in [2.75, 3.05) is 40.5 Å². The van der Waals surface area contributed by atoms with Crippen LogP contribution in [0.15, 0.2) is 0 Å². The molecule has 0 bridgehead atoms. The summed E-state index contributed by atoms with van der Waals surface area (Å²) in [6.45, 7) is 5.42. The summed E-state index contributed by atoms with van der Waals surface area (Å²) in [7, 11) is 3.49. The molecule has 2 atom stereocenters. The molecule has 0 spiro atoms. The second-order valence-electron chi connectivity index (χ2n) is 4.73. The lowest BCUT2D eigenvalue weighted by atomic mass is 10.0. The molecule has 0 aromatic rings. The van der Waals surface area contributed by atoms with Crippen molar-refractivity contribution < 1.29 is 14.3 Å². The molecule has 1 aliphatic rings. The maximum Gasteiger partial charge on any atom is 0.309 e. The number of ether oxygens (including phenoxy) is 2. The van der Waals surface area contributed by atoms with Gasteiger partial charge in [0, 0.05) is 19.7 Å².